The molecule has 0 radical (unpaired) electrons. The minimum Gasteiger partial charge on any atom is -0.494 e. The van der Waals surface area contributed by atoms with Gasteiger partial charge in [0.05, 0.1) is 34.8 Å². The Morgan fingerprint density at radius 1 is 1.55 bits per heavy atom. The van der Waals surface area contributed by atoms with Gasteiger partial charge in [0.2, 0.25) is 0 Å². The van der Waals surface area contributed by atoms with Crippen LogP contribution in [0.15, 0.2) is 29.1 Å². The lowest BCUT2D eigenvalue weighted by atomic mass is 10.2. The zero-order valence-electron chi connectivity index (χ0n) is 11.2. The Kier molecular flexibility index (Phi) is 4.52. The molecule has 1 unspecified atom stereocenters. The van der Waals surface area contributed by atoms with Gasteiger partial charge in [-0.1, -0.05) is 0 Å². The maximum Gasteiger partial charge on any atom is 0.296 e. The van der Waals surface area contributed by atoms with Crippen LogP contribution >= 0.6 is 11.3 Å². The molecule has 0 amide bonds. The van der Waals surface area contributed by atoms with Gasteiger partial charge in [-0.15, -0.1) is 11.3 Å². The molecule has 2 aromatic rings. The van der Waals surface area contributed by atoms with Crippen molar-refractivity contribution in [1.29, 1.82) is 0 Å². The van der Waals surface area contributed by atoms with E-state index in [1.54, 1.807) is 17.6 Å². The fourth-order valence-corrected chi connectivity index (χ4v) is 2.43. The van der Waals surface area contributed by atoms with Crippen LogP contribution in [-0.4, -0.2) is 16.5 Å². The maximum atomic E-state index is 11.1. The van der Waals surface area contributed by atoms with E-state index >= 15 is 0 Å². The van der Waals surface area contributed by atoms with Crippen LogP contribution in [0.25, 0.3) is 0 Å². The zero-order chi connectivity index (χ0) is 14.5. The number of nitro groups is 1. The molecule has 6 nitrogen and oxygen atoms in total. The van der Waals surface area contributed by atoms with Crippen LogP contribution in [0.1, 0.15) is 25.6 Å². The molecule has 0 aliphatic carbocycles. The Labute approximate surface area is 120 Å². The van der Waals surface area contributed by atoms with E-state index in [4.69, 9.17) is 4.74 Å². The molecule has 1 aromatic carbocycles. The normalized spacial score (nSPS) is 11.9. The second-order valence-corrected chi connectivity index (χ2v) is 4.87. The SMILES string of the molecule is CCOc1ccc(NC(C)c2cscn2)c([N+](=O)[O-])c1. The summed E-state index contributed by atoms with van der Waals surface area (Å²) in [5.41, 5.74) is 3.05. The van der Waals surface area contributed by atoms with Gasteiger partial charge >= 0.3 is 0 Å². The van der Waals surface area contributed by atoms with E-state index < -0.39 is 4.92 Å². The fraction of sp³-hybridized carbons (Fsp3) is 0.308. The first-order valence-electron chi connectivity index (χ1n) is 6.17. The summed E-state index contributed by atoms with van der Waals surface area (Å²) < 4.78 is 5.29. The van der Waals surface area contributed by atoms with E-state index in [9.17, 15) is 10.1 Å². The molecule has 0 aliphatic heterocycles. The van der Waals surface area contributed by atoms with E-state index in [0.717, 1.165) is 5.69 Å². The number of aromatic nitrogens is 1. The average molecular weight is 293 g/mol. The molecule has 1 N–H and O–H groups in total. The van der Waals surface area contributed by atoms with Crippen molar-refractivity contribution >= 4 is 22.7 Å². The predicted molar refractivity (Wildman–Crippen MR) is 78.4 cm³/mol. The van der Waals surface area contributed by atoms with Crippen LogP contribution < -0.4 is 10.1 Å². The van der Waals surface area contributed by atoms with Crippen molar-refractivity contribution < 1.29 is 9.66 Å². The van der Waals surface area contributed by atoms with Crippen molar-refractivity contribution in [3.8, 4) is 5.75 Å². The van der Waals surface area contributed by atoms with Crippen LogP contribution in [0.2, 0.25) is 0 Å². The van der Waals surface area contributed by atoms with E-state index in [0.29, 0.717) is 18.0 Å². The molecule has 0 spiro atoms. The zero-order valence-corrected chi connectivity index (χ0v) is 12.0. The fourth-order valence-electron chi connectivity index (χ4n) is 1.78. The molecule has 2 rings (SSSR count). The van der Waals surface area contributed by atoms with Gasteiger partial charge in [-0.2, -0.15) is 0 Å². The minimum absolute atomic E-state index is 0.00182. The summed E-state index contributed by atoms with van der Waals surface area (Å²) >= 11 is 1.49. The van der Waals surface area contributed by atoms with Gasteiger partial charge in [0.1, 0.15) is 11.4 Å². The van der Waals surface area contributed by atoms with Crippen molar-refractivity contribution in [2.45, 2.75) is 19.9 Å². The topological polar surface area (TPSA) is 77.3 Å². The predicted octanol–water partition coefficient (Wildman–Crippen LogP) is 3.62. The van der Waals surface area contributed by atoms with Gasteiger partial charge in [0, 0.05) is 5.38 Å². The lowest BCUT2D eigenvalue weighted by molar-refractivity contribution is -0.384. The Hall–Kier alpha value is -2.15. The molecule has 0 saturated heterocycles. The van der Waals surface area contributed by atoms with Crippen molar-refractivity contribution in [2.75, 3.05) is 11.9 Å². The van der Waals surface area contributed by atoms with Crippen LogP contribution in [0.5, 0.6) is 5.75 Å². The monoisotopic (exact) mass is 293 g/mol. The van der Waals surface area contributed by atoms with Gasteiger partial charge in [0.25, 0.3) is 5.69 Å². The first-order chi connectivity index (χ1) is 9.61. The van der Waals surface area contributed by atoms with Gasteiger partial charge in [-0.25, -0.2) is 4.98 Å². The molecular formula is C13H15N3O3S. The van der Waals surface area contributed by atoms with Crippen LogP contribution in [0.4, 0.5) is 11.4 Å². The number of benzene rings is 1. The number of hydrogen-bond donors (Lipinski definition) is 1. The smallest absolute Gasteiger partial charge is 0.296 e. The summed E-state index contributed by atoms with van der Waals surface area (Å²) in [5.74, 6) is 0.492. The summed E-state index contributed by atoms with van der Waals surface area (Å²) in [5, 5.41) is 16.2. The number of nitrogens with one attached hydrogen (secondary N) is 1. The van der Waals surface area contributed by atoms with Gasteiger partial charge in [-0.05, 0) is 26.0 Å². The minimum atomic E-state index is -0.418. The second-order valence-electron chi connectivity index (χ2n) is 4.15. The third kappa shape index (κ3) is 3.24. The third-order valence-electron chi connectivity index (χ3n) is 2.74. The van der Waals surface area contributed by atoms with Crippen molar-refractivity contribution in [2.24, 2.45) is 0 Å². The Morgan fingerprint density at radius 3 is 2.95 bits per heavy atom. The van der Waals surface area contributed by atoms with E-state index in [1.165, 1.54) is 17.4 Å². The standard InChI is InChI=1S/C13H15N3O3S/c1-3-19-10-4-5-11(13(6-10)16(17)18)15-9(2)12-7-20-8-14-12/h4-9,15H,3H2,1-2H3. The first kappa shape index (κ1) is 14.3. The second kappa shape index (κ2) is 6.33. The number of ether oxygens (including phenoxy) is 1. The van der Waals surface area contributed by atoms with Crippen LogP contribution in [-0.2, 0) is 0 Å². The summed E-state index contributed by atoms with van der Waals surface area (Å²) in [6.07, 6.45) is 0. The Balaban J connectivity index is 2.24. The largest absolute Gasteiger partial charge is 0.494 e. The number of hydrogen-bond acceptors (Lipinski definition) is 6. The summed E-state index contributed by atoms with van der Waals surface area (Å²) in [6.45, 7) is 4.22. The van der Waals surface area contributed by atoms with Gasteiger partial charge in [-0.3, -0.25) is 10.1 Å². The highest BCUT2D eigenvalue weighted by Gasteiger charge is 2.18. The first-order valence-corrected chi connectivity index (χ1v) is 7.12. The molecule has 0 saturated carbocycles. The molecule has 1 aromatic heterocycles. The summed E-state index contributed by atoms with van der Waals surface area (Å²) in [7, 11) is 0. The summed E-state index contributed by atoms with van der Waals surface area (Å²) in [6, 6.07) is 4.70. The molecular weight excluding hydrogens is 278 g/mol. The lowest BCUT2D eigenvalue weighted by Crippen LogP contribution is -2.08. The molecule has 106 valence electrons. The average Bonchev–Trinajstić information content (AvgIpc) is 2.94. The number of rotatable bonds is 6. The maximum absolute atomic E-state index is 11.1. The van der Waals surface area contributed by atoms with Crippen LogP contribution in [0, 0.1) is 10.1 Å². The highest BCUT2D eigenvalue weighted by molar-refractivity contribution is 7.07. The molecule has 20 heavy (non-hydrogen) atoms. The highest BCUT2D eigenvalue weighted by atomic mass is 32.1. The molecule has 0 bridgehead atoms. The number of thiazole rings is 1. The van der Waals surface area contributed by atoms with Crippen molar-refractivity contribution in [1.82, 2.24) is 4.98 Å². The van der Waals surface area contributed by atoms with E-state index in [-0.39, 0.29) is 11.7 Å². The van der Waals surface area contributed by atoms with Crippen molar-refractivity contribution in [3.05, 3.63) is 44.9 Å². The number of anilines is 1. The van der Waals surface area contributed by atoms with Gasteiger partial charge < -0.3 is 10.1 Å². The lowest BCUT2D eigenvalue weighted by Gasteiger charge is -2.14. The van der Waals surface area contributed by atoms with E-state index in [1.807, 2.05) is 19.2 Å². The molecule has 0 fully saturated rings. The quantitative estimate of drug-likeness (QED) is 0.650. The highest BCUT2D eigenvalue weighted by Crippen LogP contribution is 2.31. The Morgan fingerprint density at radius 2 is 2.35 bits per heavy atom. The number of nitro benzene ring substituents is 1. The molecule has 7 heteroatoms. The van der Waals surface area contributed by atoms with Crippen molar-refractivity contribution in [3.63, 3.8) is 0 Å². The molecule has 0 aliphatic rings. The molecule has 1 atom stereocenters. The number of nitrogens with zero attached hydrogens (tertiary/aromatic N) is 2. The van der Waals surface area contributed by atoms with Gasteiger partial charge in [0.15, 0.2) is 0 Å². The third-order valence-corrected chi connectivity index (χ3v) is 3.35. The Bertz CT molecular complexity index is 587. The summed E-state index contributed by atoms with van der Waals surface area (Å²) in [4.78, 5) is 14.9. The van der Waals surface area contributed by atoms with E-state index in [2.05, 4.69) is 10.3 Å². The molecule has 1 heterocycles. The van der Waals surface area contributed by atoms with Crippen LogP contribution in [0.3, 0.4) is 0 Å².